The lowest BCUT2D eigenvalue weighted by molar-refractivity contribution is -0.139. The van der Waals surface area contributed by atoms with Crippen molar-refractivity contribution < 1.29 is 19.0 Å². The van der Waals surface area contributed by atoms with Crippen LogP contribution in [-0.4, -0.2) is 30.5 Å². The fraction of sp³-hybridized carbons (Fsp3) is 0.194. The maximum atomic E-state index is 14.0. The van der Waals surface area contributed by atoms with Gasteiger partial charge < -0.3 is 14.2 Å². The molecule has 0 saturated carbocycles. The molecule has 1 aliphatic rings. The van der Waals surface area contributed by atoms with Gasteiger partial charge in [0.25, 0.3) is 5.56 Å². The molecule has 1 aromatic heterocycles. The number of carbonyl (C=O) groups excluding carboxylic acids is 1. The Morgan fingerprint density at radius 2 is 1.80 bits per heavy atom. The molecular weight excluding hydrogens is 605 g/mol. The van der Waals surface area contributed by atoms with Gasteiger partial charge in [-0.05, 0) is 77.9 Å². The van der Waals surface area contributed by atoms with E-state index in [0.29, 0.717) is 38.7 Å². The van der Waals surface area contributed by atoms with Crippen molar-refractivity contribution in [1.82, 2.24) is 4.57 Å². The van der Waals surface area contributed by atoms with Crippen LogP contribution in [0.5, 0.6) is 11.5 Å². The number of fused-ring (bicyclic) bond motifs is 2. The summed E-state index contributed by atoms with van der Waals surface area (Å²) in [7, 11) is 1.60. The zero-order valence-corrected chi connectivity index (χ0v) is 27.0. The van der Waals surface area contributed by atoms with E-state index < -0.39 is 12.0 Å². The summed E-state index contributed by atoms with van der Waals surface area (Å²) in [6.07, 6.45) is 3.82. The Kier molecular flexibility index (Phi) is 8.91. The minimum Gasteiger partial charge on any atom is -0.493 e. The molecule has 0 bridgehead atoms. The molecule has 0 spiro atoms. The smallest absolute Gasteiger partial charge is 0.338 e. The molecule has 2 heterocycles. The summed E-state index contributed by atoms with van der Waals surface area (Å²) in [6, 6.07) is 27.2. The second-order valence-corrected chi connectivity index (χ2v) is 12.3. The Labute approximate surface area is 269 Å². The number of esters is 1. The quantitative estimate of drug-likeness (QED) is 0.140. The Hall–Kier alpha value is -4.60. The highest BCUT2D eigenvalue weighted by Crippen LogP contribution is 2.32. The lowest BCUT2D eigenvalue weighted by Gasteiger charge is -2.24. The molecule has 0 radical (unpaired) electrons. The average Bonchev–Trinajstić information content (AvgIpc) is 3.36. The maximum absolute atomic E-state index is 14.0. The Morgan fingerprint density at radius 3 is 2.56 bits per heavy atom. The number of allylic oxidation sites excluding steroid dienone is 1. The van der Waals surface area contributed by atoms with E-state index in [1.165, 1.54) is 11.3 Å². The number of ether oxygens (including phenoxy) is 3. The van der Waals surface area contributed by atoms with Gasteiger partial charge in [0.1, 0.15) is 6.61 Å². The van der Waals surface area contributed by atoms with Crippen molar-refractivity contribution in [2.75, 3.05) is 20.0 Å². The number of thioether (sulfide) groups is 1. The SMILES string of the molecule is CCOC(=O)C1=C(C)N=c2s/c(=C\c3ccc(OCc4cccc5ccccc45)c(OC)c3)c(=O)n2[C@H]1c1ccc(SC)cc1. The summed E-state index contributed by atoms with van der Waals surface area (Å²) in [6.45, 7) is 4.16. The summed E-state index contributed by atoms with van der Waals surface area (Å²) in [5.74, 6) is 0.687. The number of rotatable bonds is 9. The molecule has 0 aliphatic carbocycles. The summed E-state index contributed by atoms with van der Waals surface area (Å²) in [5, 5.41) is 2.30. The van der Waals surface area contributed by atoms with Crippen LogP contribution in [0, 0.1) is 0 Å². The molecule has 4 aromatic carbocycles. The molecular formula is C36H32N2O5S2. The normalized spacial score (nSPS) is 14.7. The molecule has 6 rings (SSSR count). The number of benzene rings is 4. The first kappa shape index (κ1) is 30.4. The highest BCUT2D eigenvalue weighted by molar-refractivity contribution is 7.98. The molecule has 1 aliphatic heterocycles. The molecule has 0 N–H and O–H groups in total. The number of methoxy groups -OCH3 is 1. The molecule has 7 nitrogen and oxygen atoms in total. The second kappa shape index (κ2) is 13.2. The molecule has 5 aromatic rings. The number of thiazole rings is 1. The highest BCUT2D eigenvalue weighted by Gasteiger charge is 2.33. The van der Waals surface area contributed by atoms with E-state index >= 15 is 0 Å². The van der Waals surface area contributed by atoms with Crippen molar-refractivity contribution in [2.24, 2.45) is 4.99 Å². The summed E-state index contributed by atoms with van der Waals surface area (Å²) >= 11 is 2.91. The van der Waals surface area contributed by atoms with Crippen LogP contribution in [0.1, 0.15) is 36.6 Å². The van der Waals surface area contributed by atoms with Crippen LogP contribution in [0.2, 0.25) is 0 Å². The standard InChI is InChI=1S/C36H32N2O5S2/c1-5-42-35(40)32-22(2)37-36-38(33(32)25-14-16-27(44-4)17-15-25)34(39)31(45-36)20-23-13-18-29(30(19-23)41-3)43-21-26-11-8-10-24-9-6-7-12-28(24)26/h6-20,33H,5,21H2,1-4H3/b31-20-/t33-/m0/s1. The van der Waals surface area contributed by atoms with Crippen LogP contribution in [0.4, 0.5) is 0 Å². The minimum absolute atomic E-state index is 0.224. The van der Waals surface area contributed by atoms with Crippen LogP contribution in [0.25, 0.3) is 16.8 Å². The van der Waals surface area contributed by atoms with E-state index in [0.717, 1.165) is 32.4 Å². The Bertz CT molecular complexity index is 2110. The van der Waals surface area contributed by atoms with Crippen molar-refractivity contribution in [3.05, 3.63) is 133 Å². The first-order valence-electron chi connectivity index (χ1n) is 14.5. The highest BCUT2D eigenvalue weighted by atomic mass is 32.2. The fourth-order valence-corrected chi connectivity index (χ4v) is 6.97. The maximum Gasteiger partial charge on any atom is 0.338 e. The molecule has 0 fully saturated rings. The van der Waals surface area contributed by atoms with Gasteiger partial charge >= 0.3 is 5.97 Å². The van der Waals surface area contributed by atoms with Crippen LogP contribution in [0.3, 0.4) is 0 Å². The van der Waals surface area contributed by atoms with Crippen LogP contribution >= 0.6 is 23.1 Å². The third-order valence-electron chi connectivity index (χ3n) is 7.70. The van der Waals surface area contributed by atoms with Crippen molar-refractivity contribution in [2.45, 2.75) is 31.4 Å². The van der Waals surface area contributed by atoms with E-state index in [4.69, 9.17) is 14.2 Å². The van der Waals surface area contributed by atoms with Crippen molar-refractivity contribution in [3.63, 3.8) is 0 Å². The molecule has 228 valence electrons. The van der Waals surface area contributed by atoms with Crippen LogP contribution < -0.4 is 24.4 Å². The summed E-state index contributed by atoms with van der Waals surface area (Å²) < 4.78 is 19.4. The molecule has 0 amide bonds. The molecule has 45 heavy (non-hydrogen) atoms. The molecule has 1 atom stereocenters. The van der Waals surface area contributed by atoms with E-state index in [9.17, 15) is 9.59 Å². The number of carbonyl (C=O) groups is 1. The average molecular weight is 637 g/mol. The van der Waals surface area contributed by atoms with Gasteiger partial charge in [-0.15, -0.1) is 11.8 Å². The first-order chi connectivity index (χ1) is 21.9. The molecule has 9 heteroatoms. The monoisotopic (exact) mass is 636 g/mol. The zero-order chi connectivity index (χ0) is 31.5. The topological polar surface area (TPSA) is 79.1 Å². The van der Waals surface area contributed by atoms with Crippen molar-refractivity contribution >= 4 is 45.9 Å². The number of hydrogen-bond donors (Lipinski definition) is 0. The fourth-order valence-electron chi connectivity index (χ4n) is 5.51. The summed E-state index contributed by atoms with van der Waals surface area (Å²) in [5.41, 5.74) is 3.33. The first-order valence-corrected chi connectivity index (χ1v) is 16.6. The molecule has 0 unspecified atom stereocenters. The van der Waals surface area contributed by atoms with Gasteiger partial charge in [-0.3, -0.25) is 9.36 Å². The largest absolute Gasteiger partial charge is 0.493 e. The van der Waals surface area contributed by atoms with Gasteiger partial charge in [0, 0.05) is 4.90 Å². The van der Waals surface area contributed by atoms with Crippen LogP contribution in [0.15, 0.2) is 111 Å². The van der Waals surface area contributed by atoms with Gasteiger partial charge in [-0.1, -0.05) is 72.0 Å². The second-order valence-electron chi connectivity index (χ2n) is 10.4. The lowest BCUT2D eigenvalue weighted by Crippen LogP contribution is -2.39. The van der Waals surface area contributed by atoms with E-state index in [1.807, 2.05) is 73.0 Å². The van der Waals surface area contributed by atoms with E-state index in [-0.39, 0.29) is 12.2 Å². The number of nitrogens with zero attached hydrogens (tertiary/aromatic N) is 2. The third kappa shape index (κ3) is 6.06. The Balaban J connectivity index is 1.36. The third-order valence-corrected chi connectivity index (χ3v) is 9.42. The van der Waals surface area contributed by atoms with E-state index in [1.54, 1.807) is 37.3 Å². The van der Waals surface area contributed by atoms with E-state index in [2.05, 4.69) is 29.3 Å². The van der Waals surface area contributed by atoms with Gasteiger partial charge in [0.05, 0.1) is 35.6 Å². The van der Waals surface area contributed by atoms with Gasteiger partial charge in [-0.25, -0.2) is 9.79 Å². The zero-order valence-electron chi connectivity index (χ0n) is 25.4. The Morgan fingerprint density at radius 1 is 1.02 bits per heavy atom. The number of hydrogen-bond acceptors (Lipinski definition) is 8. The molecule has 0 saturated heterocycles. The van der Waals surface area contributed by atoms with Gasteiger partial charge in [0.2, 0.25) is 0 Å². The number of aromatic nitrogens is 1. The van der Waals surface area contributed by atoms with Crippen molar-refractivity contribution in [1.29, 1.82) is 0 Å². The lowest BCUT2D eigenvalue weighted by atomic mass is 9.96. The van der Waals surface area contributed by atoms with Gasteiger partial charge in [-0.2, -0.15) is 0 Å². The van der Waals surface area contributed by atoms with Gasteiger partial charge in [0.15, 0.2) is 16.3 Å². The van der Waals surface area contributed by atoms with Crippen LogP contribution in [-0.2, 0) is 16.1 Å². The predicted octanol–water partition coefficient (Wildman–Crippen LogP) is 6.26. The minimum atomic E-state index is -0.655. The predicted molar refractivity (Wildman–Crippen MR) is 180 cm³/mol. The van der Waals surface area contributed by atoms with Crippen molar-refractivity contribution in [3.8, 4) is 11.5 Å². The summed E-state index contributed by atoms with van der Waals surface area (Å²) in [4.78, 5) is 33.4.